The van der Waals surface area contributed by atoms with Gasteiger partial charge in [-0.05, 0) is 32.5 Å². The van der Waals surface area contributed by atoms with Crippen molar-refractivity contribution >= 4 is 5.82 Å². The first-order valence-electron chi connectivity index (χ1n) is 6.14. The van der Waals surface area contributed by atoms with Gasteiger partial charge >= 0.3 is 0 Å². The van der Waals surface area contributed by atoms with Gasteiger partial charge in [0.15, 0.2) is 0 Å². The first kappa shape index (κ1) is 13.0. The van der Waals surface area contributed by atoms with Crippen LogP contribution in [0.4, 0.5) is 5.82 Å². The van der Waals surface area contributed by atoms with Crippen molar-refractivity contribution in [2.45, 2.75) is 33.2 Å². The molecule has 1 aromatic heterocycles. The molecular formula is C13H23N3. The summed E-state index contributed by atoms with van der Waals surface area (Å²) in [5.74, 6) is 1.03. The minimum absolute atomic E-state index is 0.966. The molecule has 0 saturated heterocycles. The maximum absolute atomic E-state index is 4.39. The molecule has 1 rings (SSSR count). The van der Waals surface area contributed by atoms with Crippen molar-refractivity contribution in [1.29, 1.82) is 0 Å². The zero-order valence-corrected chi connectivity index (χ0v) is 10.7. The Bertz CT molecular complexity index is 299. The average molecular weight is 221 g/mol. The Balaban J connectivity index is 2.62. The highest BCUT2D eigenvalue weighted by Crippen LogP contribution is 2.13. The predicted octanol–water partition coefficient (Wildman–Crippen LogP) is 2.75. The lowest BCUT2D eigenvalue weighted by molar-refractivity contribution is 0.327. The molecule has 0 aromatic carbocycles. The van der Waals surface area contributed by atoms with E-state index in [9.17, 15) is 0 Å². The molecule has 0 radical (unpaired) electrons. The first-order chi connectivity index (χ1) is 7.77. The van der Waals surface area contributed by atoms with Gasteiger partial charge in [-0.15, -0.1) is 0 Å². The second kappa shape index (κ2) is 7.23. The lowest BCUT2D eigenvalue weighted by Gasteiger charge is -2.17. The third-order valence-electron chi connectivity index (χ3n) is 2.48. The van der Waals surface area contributed by atoms with Gasteiger partial charge in [0, 0.05) is 24.8 Å². The van der Waals surface area contributed by atoms with Crippen LogP contribution in [0.2, 0.25) is 0 Å². The molecule has 0 unspecified atom stereocenters. The Morgan fingerprint density at radius 2 is 2.12 bits per heavy atom. The van der Waals surface area contributed by atoms with Crippen LogP contribution < -0.4 is 5.32 Å². The Kier molecular flexibility index (Phi) is 5.86. The van der Waals surface area contributed by atoms with Gasteiger partial charge in [-0.25, -0.2) is 4.98 Å². The molecule has 90 valence electrons. The van der Waals surface area contributed by atoms with Crippen LogP contribution in [-0.2, 0) is 6.54 Å². The summed E-state index contributed by atoms with van der Waals surface area (Å²) in [5, 5.41) is 3.37. The number of nitrogens with one attached hydrogen (secondary N) is 1. The number of pyridine rings is 1. The summed E-state index contributed by atoms with van der Waals surface area (Å²) in [6, 6.07) is 4.16. The van der Waals surface area contributed by atoms with Crippen LogP contribution in [0.5, 0.6) is 0 Å². The van der Waals surface area contributed by atoms with E-state index in [1.807, 2.05) is 12.3 Å². The largest absolute Gasteiger partial charge is 0.370 e. The fourth-order valence-electron chi connectivity index (χ4n) is 1.72. The van der Waals surface area contributed by atoms with Crippen molar-refractivity contribution in [3.05, 3.63) is 23.9 Å². The average Bonchev–Trinajstić information content (AvgIpc) is 2.28. The summed E-state index contributed by atoms with van der Waals surface area (Å²) in [7, 11) is 2.15. The molecule has 0 saturated carbocycles. The lowest BCUT2D eigenvalue weighted by atomic mass is 10.2. The van der Waals surface area contributed by atoms with Gasteiger partial charge in [-0.2, -0.15) is 0 Å². The molecule has 0 fully saturated rings. The minimum atomic E-state index is 0.966. The van der Waals surface area contributed by atoms with E-state index in [0.717, 1.165) is 31.9 Å². The quantitative estimate of drug-likeness (QED) is 0.767. The van der Waals surface area contributed by atoms with Gasteiger partial charge in [0.2, 0.25) is 0 Å². The molecule has 3 nitrogen and oxygen atoms in total. The Hall–Kier alpha value is -1.09. The highest BCUT2D eigenvalue weighted by Gasteiger charge is 2.05. The van der Waals surface area contributed by atoms with E-state index in [1.165, 1.54) is 12.0 Å². The summed E-state index contributed by atoms with van der Waals surface area (Å²) >= 11 is 0. The van der Waals surface area contributed by atoms with Crippen LogP contribution in [0.15, 0.2) is 18.3 Å². The van der Waals surface area contributed by atoms with Crippen molar-refractivity contribution in [2.24, 2.45) is 0 Å². The molecule has 0 atom stereocenters. The van der Waals surface area contributed by atoms with E-state index in [-0.39, 0.29) is 0 Å². The van der Waals surface area contributed by atoms with E-state index in [4.69, 9.17) is 0 Å². The summed E-state index contributed by atoms with van der Waals surface area (Å²) in [6.45, 7) is 7.45. The van der Waals surface area contributed by atoms with E-state index >= 15 is 0 Å². The van der Waals surface area contributed by atoms with E-state index < -0.39 is 0 Å². The van der Waals surface area contributed by atoms with Crippen LogP contribution in [0, 0.1) is 0 Å². The Labute approximate surface area is 98.9 Å². The van der Waals surface area contributed by atoms with Gasteiger partial charge in [0.1, 0.15) is 5.82 Å². The third-order valence-corrected chi connectivity index (χ3v) is 2.48. The number of anilines is 1. The van der Waals surface area contributed by atoms with Crippen LogP contribution >= 0.6 is 0 Å². The highest BCUT2D eigenvalue weighted by molar-refractivity contribution is 5.43. The molecule has 0 amide bonds. The molecule has 1 aromatic rings. The molecule has 16 heavy (non-hydrogen) atoms. The molecular weight excluding hydrogens is 198 g/mol. The van der Waals surface area contributed by atoms with Crippen LogP contribution in [-0.4, -0.2) is 30.0 Å². The SMILES string of the molecule is CCCNc1ncccc1CN(C)CCC. The fraction of sp³-hybridized carbons (Fsp3) is 0.615. The summed E-state index contributed by atoms with van der Waals surface area (Å²) in [4.78, 5) is 6.72. The summed E-state index contributed by atoms with van der Waals surface area (Å²) in [5.41, 5.74) is 1.28. The van der Waals surface area contributed by atoms with Crippen LogP contribution in [0.25, 0.3) is 0 Å². The molecule has 0 aliphatic carbocycles. The van der Waals surface area contributed by atoms with Crippen molar-refractivity contribution in [3.8, 4) is 0 Å². The third kappa shape index (κ3) is 4.19. The predicted molar refractivity (Wildman–Crippen MR) is 69.6 cm³/mol. The van der Waals surface area contributed by atoms with Gasteiger partial charge in [-0.3, -0.25) is 0 Å². The summed E-state index contributed by atoms with van der Waals surface area (Å²) in [6.07, 6.45) is 4.16. The first-order valence-corrected chi connectivity index (χ1v) is 6.14. The lowest BCUT2D eigenvalue weighted by Crippen LogP contribution is -2.19. The maximum Gasteiger partial charge on any atom is 0.130 e. The van der Waals surface area contributed by atoms with Gasteiger partial charge in [0.25, 0.3) is 0 Å². The fourth-order valence-corrected chi connectivity index (χ4v) is 1.72. The smallest absolute Gasteiger partial charge is 0.130 e. The van der Waals surface area contributed by atoms with Gasteiger partial charge in [-0.1, -0.05) is 19.9 Å². The zero-order valence-electron chi connectivity index (χ0n) is 10.7. The topological polar surface area (TPSA) is 28.2 Å². The monoisotopic (exact) mass is 221 g/mol. The Morgan fingerprint density at radius 3 is 2.81 bits per heavy atom. The molecule has 0 bridgehead atoms. The number of hydrogen-bond donors (Lipinski definition) is 1. The number of hydrogen-bond acceptors (Lipinski definition) is 3. The van der Waals surface area contributed by atoms with Crippen LogP contribution in [0.3, 0.4) is 0 Å². The highest BCUT2D eigenvalue weighted by atomic mass is 15.1. The number of nitrogens with zero attached hydrogens (tertiary/aromatic N) is 2. The molecule has 0 aliphatic heterocycles. The van der Waals surface area contributed by atoms with E-state index in [2.05, 4.69) is 42.2 Å². The molecule has 1 heterocycles. The normalized spacial score (nSPS) is 10.8. The molecule has 0 spiro atoms. The maximum atomic E-state index is 4.39. The van der Waals surface area contributed by atoms with Gasteiger partial charge in [0.05, 0.1) is 0 Å². The van der Waals surface area contributed by atoms with Crippen molar-refractivity contribution in [2.75, 3.05) is 25.5 Å². The minimum Gasteiger partial charge on any atom is -0.370 e. The van der Waals surface area contributed by atoms with Crippen molar-refractivity contribution in [1.82, 2.24) is 9.88 Å². The van der Waals surface area contributed by atoms with E-state index in [1.54, 1.807) is 0 Å². The molecule has 0 aliphatic rings. The summed E-state index contributed by atoms with van der Waals surface area (Å²) < 4.78 is 0. The molecule has 3 heteroatoms. The second-order valence-corrected chi connectivity index (χ2v) is 4.18. The zero-order chi connectivity index (χ0) is 11.8. The van der Waals surface area contributed by atoms with Gasteiger partial charge < -0.3 is 10.2 Å². The van der Waals surface area contributed by atoms with Crippen LogP contribution in [0.1, 0.15) is 32.3 Å². The molecule has 1 N–H and O–H groups in total. The standard InChI is InChI=1S/C13H23N3/c1-4-8-14-13-12(7-6-9-15-13)11-16(3)10-5-2/h6-7,9H,4-5,8,10-11H2,1-3H3,(H,14,15). The van der Waals surface area contributed by atoms with E-state index in [0.29, 0.717) is 0 Å². The number of rotatable bonds is 7. The van der Waals surface area contributed by atoms with Crippen molar-refractivity contribution in [3.63, 3.8) is 0 Å². The Morgan fingerprint density at radius 1 is 1.31 bits per heavy atom. The number of aromatic nitrogens is 1. The van der Waals surface area contributed by atoms with Crippen molar-refractivity contribution < 1.29 is 0 Å². The second-order valence-electron chi connectivity index (χ2n) is 4.18.